The van der Waals surface area contributed by atoms with E-state index in [9.17, 15) is 0 Å². The van der Waals surface area contributed by atoms with Crippen molar-refractivity contribution in [2.45, 2.75) is 31.8 Å². The van der Waals surface area contributed by atoms with Crippen molar-refractivity contribution in [1.82, 2.24) is 9.80 Å². The third-order valence-electron chi connectivity index (χ3n) is 3.43. The van der Waals surface area contributed by atoms with Crippen LogP contribution in [0.1, 0.15) is 20.3 Å². The Bertz CT molecular complexity index is 170. The molecule has 1 aliphatic rings. The average molecular weight is 185 g/mol. The molecule has 1 fully saturated rings. The minimum Gasteiger partial charge on any atom is -0.329 e. The van der Waals surface area contributed by atoms with E-state index in [1.54, 1.807) is 0 Å². The van der Waals surface area contributed by atoms with Crippen molar-refractivity contribution in [3.63, 3.8) is 0 Å². The monoisotopic (exact) mass is 185 g/mol. The fourth-order valence-corrected chi connectivity index (χ4v) is 2.21. The molecule has 0 radical (unpaired) electrons. The highest BCUT2D eigenvalue weighted by Crippen LogP contribution is 2.26. The van der Waals surface area contributed by atoms with Crippen molar-refractivity contribution in [2.75, 3.05) is 33.7 Å². The number of nitrogens with two attached hydrogens (primary N) is 1. The first-order valence-electron chi connectivity index (χ1n) is 5.13. The van der Waals surface area contributed by atoms with Gasteiger partial charge in [-0.15, -0.1) is 0 Å². The summed E-state index contributed by atoms with van der Waals surface area (Å²) in [5.41, 5.74) is 6.13. The van der Waals surface area contributed by atoms with Crippen LogP contribution in [0, 0.1) is 0 Å². The molecular weight excluding hydrogens is 162 g/mol. The summed E-state index contributed by atoms with van der Waals surface area (Å²) in [5.74, 6) is 0. The van der Waals surface area contributed by atoms with Crippen LogP contribution in [0.5, 0.6) is 0 Å². The third kappa shape index (κ3) is 2.03. The lowest BCUT2D eigenvalue weighted by atomic mass is 9.95. The first kappa shape index (κ1) is 11.0. The summed E-state index contributed by atoms with van der Waals surface area (Å²) in [6, 6.07) is 0.579. The largest absolute Gasteiger partial charge is 0.329 e. The highest BCUT2D eigenvalue weighted by Gasteiger charge is 2.39. The summed E-state index contributed by atoms with van der Waals surface area (Å²) in [6.07, 6.45) is 1.20. The van der Waals surface area contributed by atoms with Gasteiger partial charge < -0.3 is 10.6 Å². The molecule has 78 valence electrons. The second kappa shape index (κ2) is 3.95. The highest BCUT2D eigenvalue weighted by molar-refractivity contribution is 4.99. The molecule has 13 heavy (non-hydrogen) atoms. The van der Waals surface area contributed by atoms with Crippen LogP contribution in [0.2, 0.25) is 0 Å². The Morgan fingerprint density at radius 3 is 2.46 bits per heavy atom. The Balaban J connectivity index is 2.70. The van der Waals surface area contributed by atoms with Gasteiger partial charge in [-0.3, -0.25) is 4.90 Å². The van der Waals surface area contributed by atoms with Crippen LogP contribution in [0.25, 0.3) is 0 Å². The van der Waals surface area contributed by atoms with E-state index in [0.717, 1.165) is 13.1 Å². The molecular formula is C10H23N3. The zero-order chi connectivity index (χ0) is 10.1. The van der Waals surface area contributed by atoms with Crippen LogP contribution >= 0.6 is 0 Å². The standard InChI is InChI=1S/C10H23N3/c1-9(2)13(4)10(7-11)5-6-12(3)8-10/h9H,5-8,11H2,1-4H3. The molecule has 0 saturated carbocycles. The first-order chi connectivity index (χ1) is 6.02. The highest BCUT2D eigenvalue weighted by atomic mass is 15.3. The minimum absolute atomic E-state index is 0.225. The van der Waals surface area contributed by atoms with Crippen molar-refractivity contribution in [2.24, 2.45) is 5.73 Å². The van der Waals surface area contributed by atoms with Gasteiger partial charge in [0, 0.05) is 24.7 Å². The number of likely N-dealkylation sites (tertiary alicyclic amines) is 1. The van der Waals surface area contributed by atoms with Gasteiger partial charge in [0.15, 0.2) is 0 Å². The van der Waals surface area contributed by atoms with Crippen LogP contribution in [0.15, 0.2) is 0 Å². The Morgan fingerprint density at radius 2 is 2.15 bits per heavy atom. The predicted octanol–water partition coefficient (Wildman–Crippen LogP) is 0.360. The number of nitrogens with zero attached hydrogens (tertiary/aromatic N) is 2. The molecule has 1 heterocycles. The van der Waals surface area contributed by atoms with Crippen molar-refractivity contribution < 1.29 is 0 Å². The van der Waals surface area contributed by atoms with E-state index < -0.39 is 0 Å². The molecule has 0 amide bonds. The number of rotatable bonds is 3. The SMILES string of the molecule is CC(C)N(C)C1(CN)CCN(C)C1. The van der Waals surface area contributed by atoms with Gasteiger partial charge in [-0.1, -0.05) is 0 Å². The molecule has 1 atom stereocenters. The van der Waals surface area contributed by atoms with Gasteiger partial charge in [-0.05, 0) is 40.9 Å². The summed E-state index contributed by atoms with van der Waals surface area (Å²) in [5, 5.41) is 0. The maximum Gasteiger partial charge on any atom is 0.0470 e. The maximum atomic E-state index is 5.90. The predicted molar refractivity (Wildman–Crippen MR) is 56.8 cm³/mol. The van der Waals surface area contributed by atoms with E-state index in [0.29, 0.717) is 6.04 Å². The molecule has 0 aromatic carbocycles. The van der Waals surface area contributed by atoms with Gasteiger partial charge in [0.1, 0.15) is 0 Å². The molecule has 0 bridgehead atoms. The quantitative estimate of drug-likeness (QED) is 0.689. The Hall–Kier alpha value is -0.120. The van der Waals surface area contributed by atoms with Crippen LogP contribution in [-0.4, -0.2) is 55.1 Å². The molecule has 1 unspecified atom stereocenters. The molecule has 3 heteroatoms. The Kier molecular flexibility index (Phi) is 3.33. The van der Waals surface area contributed by atoms with Crippen LogP contribution < -0.4 is 5.73 Å². The zero-order valence-electron chi connectivity index (χ0n) is 9.38. The smallest absolute Gasteiger partial charge is 0.0470 e. The van der Waals surface area contributed by atoms with E-state index in [-0.39, 0.29) is 5.54 Å². The van der Waals surface area contributed by atoms with E-state index in [1.807, 2.05) is 0 Å². The summed E-state index contributed by atoms with van der Waals surface area (Å²) in [4.78, 5) is 4.79. The lowest BCUT2D eigenvalue weighted by molar-refractivity contribution is 0.100. The second-order valence-corrected chi connectivity index (χ2v) is 4.62. The normalized spacial score (nSPS) is 30.7. The molecule has 0 aromatic rings. The lowest BCUT2D eigenvalue weighted by Crippen LogP contribution is -2.56. The second-order valence-electron chi connectivity index (χ2n) is 4.62. The Labute approximate surface area is 81.9 Å². The summed E-state index contributed by atoms with van der Waals surface area (Å²) in [6.45, 7) is 7.52. The van der Waals surface area contributed by atoms with Gasteiger partial charge in [0.25, 0.3) is 0 Å². The summed E-state index contributed by atoms with van der Waals surface area (Å²) in [7, 11) is 4.36. The molecule has 0 spiro atoms. The van der Waals surface area contributed by atoms with Crippen molar-refractivity contribution in [3.8, 4) is 0 Å². The molecule has 2 N–H and O–H groups in total. The summed E-state index contributed by atoms with van der Waals surface area (Å²) < 4.78 is 0. The fourth-order valence-electron chi connectivity index (χ4n) is 2.21. The number of likely N-dealkylation sites (N-methyl/N-ethyl adjacent to an activating group) is 2. The first-order valence-corrected chi connectivity index (χ1v) is 5.13. The maximum absolute atomic E-state index is 5.90. The fraction of sp³-hybridized carbons (Fsp3) is 1.00. The van der Waals surface area contributed by atoms with Gasteiger partial charge in [0.2, 0.25) is 0 Å². The van der Waals surface area contributed by atoms with E-state index in [1.165, 1.54) is 13.0 Å². The molecule has 0 aliphatic carbocycles. The van der Waals surface area contributed by atoms with Crippen LogP contribution in [0.3, 0.4) is 0 Å². The Morgan fingerprint density at radius 1 is 1.54 bits per heavy atom. The van der Waals surface area contributed by atoms with Crippen LogP contribution in [0.4, 0.5) is 0 Å². The number of hydrogen-bond acceptors (Lipinski definition) is 3. The molecule has 1 aliphatic heterocycles. The van der Waals surface area contributed by atoms with E-state index in [2.05, 4.69) is 37.7 Å². The number of hydrogen-bond donors (Lipinski definition) is 1. The van der Waals surface area contributed by atoms with E-state index >= 15 is 0 Å². The van der Waals surface area contributed by atoms with Crippen molar-refractivity contribution >= 4 is 0 Å². The molecule has 3 nitrogen and oxygen atoms in total. The zero-order valence-corrected chi connectivity index (χ0v) is 9.38. The summed E-state index contributed by atoms with van der Waals surface area (Å²) >= 11 is 0. The van der Waals surface area contributed by atoms with E-state index in [4.69, 9.17) is 5.73 Å². The van der Waals surface area contributed by atoms with Gasteiger partial charge in [-0.25, -0.2) is 0 Å². The van der Waals surface area contributed by atoms with Crippen LogP contribution in [-0.2, 0) is 0 Å². The molecule has 0 aromatic heterocycles. The van der Waals surface area contributed by atoms with Gasteiger partial charge >= 0.3 is 0 Å². The minimum atomic E-state index is 0.225. The van der Waals surface area contributed by atoms with Gasteiger partial charge in [-0.2, -0.15) is 0 Å². The third-order valence-corrected chi connectivity index (χ3v) is 3.43. The average Bonchev–Trinajstić information content (AvgIpc) is 2.47. The topological polar surface area (TPSA) is 32.5 Å². The van der Waals surface area contributed by atoms with Crippen molar-refractivity contribution in [3.05, 3.63) is 0 Å². The lowest BCUT2D eigenvalue weighted by Gasteiger charge is -2.40. The molecule has 1 saturated heterocycles. The van der Waals surface area contributed by atoms with Crippen molar-refractivity contribution in [1.29, 1.82) is 0 Å². The van der Waals surface area contributed by atoms with Gasteiger partial charge in [0.05, 0.1) is 0 Å². The molecule has 1 rings (SSSR count).